The molecule has 0 bridgehead atoms. The van der Waals surface area contributed by atoms with E-state index in [4.69, 9.17) is 0 Å². The van der Waals surface area contributed by atoms with Gasteiger partial charge in [-0.15, -0.1) is 0 Å². The molecule has 11 heavy (non-hydrogen) atoms. The average molecular weight is 154 g/mol. The number of fused-ring (bicyclic) bond motifs is 1. The maximum absolute atomic E-state index is 3.56. The fourth-order valence-corrected chi connectivity index (χ4v) is 2.30. The van der Waals surface area contributed by atoms with E-state index < -0.39 is 0 Å². The third-order valence-corrected chi connectivity index (χ3v) is 3.12. The Labute approximate surface area is 69.0 Å². The molecule has 2 heterocycles. The lowest BCUT2D eigenvalue weighted by Crippen LogP contribution is -2.33. The van der Waals surface area contributed by atoms with Gasteiger partial charge in [-0.1, -0.05) is 0 Å². The van der Waals surface area contributed by atoms with E-state index in [-0.39, 0.29) is 0 Å². The first-order valence-corrected chi connectivity index (χ1v) is 4.75. The molecule has 2 heteroatoms. The highest BCUT2D eigenvalue weighted by molar-refractivity contribution is 4.94. The van der Waals surface area contributed by atoms with Crippen LogP contribution in [0.25, 0.3) is 0 Å². The van der Waals surface area contributed by atoms with Crippen molar-refractivity contribution in [3.8, 4) is 0 Å². The second kappa shape index (κ2) is 2.76. The van der Waals surface area contributed by atoms with E-state index in [0.29, 0.717) is 0 Å². The van der Waals surface area contributed by atoms with E-state index in [0.717, 1.165) is 18.0 Å². The van der Waals surface area contributed by atoms with Crippen molar-refractivity contribution in [2.24, 2.45) is 5.92 Å². The molecule has 1 N–H and O–H groups in total. The predicted octanol–water partition coefficient (Wildman–Crippen LogP) is 0.688. The van der Waals surface area contributed by atoms with Crippen molar-refractivity contribution in [1.29, 1.82) is 0 Å². The van der Waals surface area contributed by atoms with Crippen LogP contribution in [-0.4, -0.2) is 36.6 Å². The van der Waals surface area contributed by atoms with Crippen LogP contribution in [0.3, 0.4) is 0 Å². The van der Waals surface area contributed by atoms with Gasteiger partial charge in [0.2, 0.25) is 0 Å². The largest absolute Gasteiger partial charge is 0.312 e. The molecule has 2 aliphatic heterocycles. The summed E-state index contributed by atoms with van der Waals surface area (Å²) in [5.41, 5.74) is 0. The molecule has 0 aliphatic carbocycles. The zero-order valence-corrected chi connectivity index (χ0v) is 7.51. The van der Waals surface area contributed by atoms with Crippen LogP contribution >= 0.6 is 0 Å². The molecule has 2 fully saturated rings. The molecule has 64 valence electrons. The number of nitrogens with zero attached hydrogens (tertiary/aromatic N) is 1. The van der Waals surface area contributed by atoms with E-state index in [2.05, 4.69) is 24.1 Å². The van der Waals surface area contributed by atoms with Crippen molar-refractivity contribution >= 4 is 0 Å². The lowest BCUT2D eigenvalue weighted by Gasteiger charge is -2.20. The van der Waals surface area contributed by atoms with Crippen molar-refractivity contribution in [3.05, 3.63) is 0 Å². The third-order valence-electron chi connectivity index (χ3n) is 3.12. The van der Waals surface area contributed by atoms with Gasteiger partial charge in [-0.05, 0) is 32.7 Å². The number of hydrogen-bond acceptors (Lipinski definition) is 2. The first kappa shape index (κ1) is 7.56. The van der Waals surface area contributed by atoms with E-state index in [1.165, 1.54) is 26.1 Å². The predicted molar refractivity (Wildman–Crippen MR) is 46.6 cm³/mol. The van der Waals surface area contributed by atoms with Gasteiger partial charge < -0.3 is 5.32 Å². The molecule has 2 nitrogen and oxygen atoms in total. The summed E-state index contributed by atoms with van der Waals surface area (Å²) in [6.45, 7) is 8.45. The molecule has 2 saturated heterocycles. The Morgan fingerprint density at radius 1 is 1.36 bits per heavy atom. The van der Waals surface area contributed by atoms with Gasteiger partial charge in [0.1, 0.15) is 0 Å². The minimum atomic E-state index is 0.738. The molecular formula is C9H18N2. The van der Waals surface area contributed by atoms with Gasteiger partial charge in [-0.2, -0.15) is 0 Å². The molecule has 0 amide bonds. The summed E-state index contributed by atoms with van der Waals surface area (Å²) < 4.78 is 0. The average Bonchev–Trinajstić information content (AvgIpc) is 2.40. The second-order valence-corrected chi connectivity index (χ2v) is 4.16. The maximum atomic E-state index is 3.56. The second-order valence-electron chi connectivity index (χ2n) is 4.16. The van der Waals surface area contributed by atoms with Crippen LogP contribution in [0, 0.1) is 5.92 Å². The fraction of sp³-hybridized carbons (Fsp3) is 1.00. The van der Waals surface area contributed by atoms with Gasteiger partial charge in [-0.25, -0.2) is 0 Å². The Balaban J connectivity index is 1.94. The van der Waals surface area contributed by atoms with Crippen LogP contribution in [0.2, 0.25) is 0 Å². The summed E-state index contributed by atoms with van der Waals surface area (Å²) in [5.74, 6) is 0.956. The highest BCUT2D eigenvalue weighted by atomic mass is 15.2. The van der Waals surface area contributed by atoms with Gasteiger partial charge in [-0.3, -0.25) is 4.90 Å². The molecule has 2 rings (SSSR count). The SMILES string of the molecule is CC(C)N1C[C@@H]2CCN[C@@H]2C1. The summed E-state index contributed by atoms with van der Waals surface area (Å²) >= 11 is 0. The van der Waals surface area contributed by atoms with Crippen molar-refractivity contribution in [1.82, 2.24) is 10.2 Å². The van der Waals surface area contributed by atoms with Crippen molar-refractivity contribution in [3.63, 3.8) is 0 Å². The quantitative estimate of drug-likeness (QED) is 0.598. The topological polar surface area (TPSA) is 15.3 Å². The summed E-state index contributed by atoms with van der Waals surface area (Å²) in [4.78, 5) is 2.58. The monoisotopic (exact) mass is 154 g/mol. The molecule has 0 aromatic rings. The Kier molecular flexibility index (Phi) is 1.90. The van der Waals surface area contributed by atoms with E-state index >= 15 is 0 Å². The van der Waals surface area contributed by atoms with Crippen molar-refractivity contribution in [2.45, 2.75) is 32.4 Å². The zero-order chi connectivity index (χ0) is 7.84. The number of rotatable bonds is 1. The molecule has 0 radical (unpaired) electrons. The Hall–Kier alpha value is -0.0800. The lowest BCUT2D eigenvalue weighted by atomic mass is 10.1. The molecule has 0 aromatic carbocycles. The van der Waals surface area contributed by atoms with Gasteiger partial charge in [0.15, 0.2) is 0 Å². The Morgan fingerprint density at radius 2 is 2.18 bits per heavy atom. The molecule has 2 atom stereocenters. The summed E-state index contributed by atoms with van der Waals surface area (Å²) in [5, 5.41) is 3.56. The van der Waals surface area contributed by atoms with Gasteiger partial charge in [0.25, 0.3) is 0 Å². The molecule has 0 spiro atoms. The lowest BCUT2D eigenvalue weighted by molar-refractivity contribution is 0.257. The van der Waals surface area contributed by atoms with Gasteiger partial charge >= 0.3 is 0 Å². The normalized spacial score (nSPS) is 38.5. The highest BCUT2D eigenvalue weighted by Crippen LogP contribution is 2.25. The summed E-state index contributed by atoms with van der Waals surface area (Å²) in [7, 11) is 0. The first-order valence-electron chi connectivity index (χ1n) is 4.75. The van der Waals surface area contributed by atoms with E-state index in [9.17, 15) is 0 Å². The van der Waals surface area contributed by atoms with Crippen LogP contribution in [0.1, 0.15) is 20.3 Å². The van der Waals surface area contributed by atoms with Crippen LogP contribution in [0.4, 0.5) is 0 Å². The Bertz CT molecular complexity index is 132. The van der Waals surface area contributed by atoms with Crippen LogP contribution in [0.5, 0.6) is 0 Å². The number of hydrogen-bond donors (Lipinski definition) is 1. The fourth-order valence-electron chi connectivity index (χ4n) is 2.30. The standard InChI is InChI=1S/C9H18N2/c1-7(2)11-5-8-3-4-10-9(8)6-11/h7-10H,3-6H2,1-2H3/t8-,9+/m0/s1. The van der Waals surface area contributed by atoms with Crippen LogP contribution < -0.4 is 5.32 Å². The molecule has 0 unspecified atom stereocenters. The van der Waals surface area contributed by atoms with Gasteiger partial charge in [0, 0.05) is 25.2 Å². The van der Waals surface area contributed by atoms with Crippen LogP contribution in [0.15, 0.2) is 0 Å². The number of likely N-dealkylation sites (tertiary alicyclic amines) is 1. The maximum Gasteiger partial charge on any atom is 0.0236 e. The third kappa shape index (κ3) is 1.30. The molecule has 0 aromatic heterocycles. The Morgan fingerprint density at radius 3 is 2.82 bits per heavy atom. The van der Waals surface area contributed by atoms with Gasteiger partial charge in [0.05, 0.1) is 0 Å². The van der Waals surface area contributed by atoms with Crippen molar-refractivity contribution < 1.29 is 0 Å². The zero-order valence-electron chi connectivity index (χ0n) is 7.51. The van der Waals surface area contributed by atoms with Crippen molar-refractivity contribution in [2.75, 3.05) is 19.6 Å². The summed E-state index contributed by atoms with van der Waals surface area (Å²) in [6, 6.07) is 1.56. The minimum Gasteiger partial charge on any atom is -0.312 e. The number of nitrogens with one attached hydrogen (secondary N) is 1. The van der Waals surface area contributed by atoms with Crippen LogP contribution in [-0.2, 0) is 0 Å². The van der Waals surface area contributed by atoms with E-state index in [1.807, 2.05) is 0 Å². The minimum absolute atomic E-state index is 0.738. The van der Waals surface area contributed by atoms with E-state index in [1.54, 1.807) is 0 Å². The highest BCUT2D eigenvalue weighted by Gasteiger charge is 2.36. The molecular weight excluding hydrogens is 136 g/mol. The smallest absolute Gasteiger partial charge is 0.0236 e. The first-order chi connectivity index (χ1) is 5.27. The molecule has 2 aliphatic rings. The summed E-state index contributed by atoms with van der Waals surface area (Å²) in [6.07, 6.45) is 1.40. The molecule has 0 saturated carbocycles.